The van der Waals surface area contributed by atoms with Gasteiger partial charge < -0.3 is 14.5 Å². The lowest BCUT2D eigenvalue weighted by Crippen LogP contribution is -2.31. The van der Waals surface area contributed by atoms with Crippen LogP contribution in [0.5, 0.6) is 5.75 Å². The zero-order chi connectivity index (χ0) is 23.4. The molecule has 0 spiro atoms. The summed E-state index contributed by atoms with van der Waals surface area (Å²) in [5, 5.41) is 3.28. The highest BCUT2D eigenvalue weighted by Gasteiger charge is 2.19. The van der Waals surface area contributed by atoms with E-state index in [9.17, 15) is 9.59 Å². The van der Waals surface area contributed by atoms with Crippen LogP contribution in [0.3, 0.4) is 0 Å². The first-order valence-electron chi connectivity index (χ1n) is 11.0. The van der Waals surface area contributed by atoms with Crippen molar-refractivity contribution in [2.45, 2.75) is 27.2 Å². The zero-order valence-corrected chi connectivity index (χ0v) is 19.1. The Kier molecular flexibility index (Phi) is 6.59. The highest BCUT2D eigenvalue weighted by molar-refractivity contribution is 5.84. The Hall–Kier alpha value is -3.86. The first-order valence-corrected chi connectivity index (χ1v) is 11.0. The van der Waals surface area contributed by atoms with Crippen LogP contribution in [0.25, 0.3) is 22.3 Å². The Labute approximate surface area is 193 Å². The molecule has 0 atom stereocenters. The largest absolute Gasteiger partial charge is 0.476 e. The Morgan fingerprint density at radius 1 is 0.939 bits per heavy atom. The van der Waals surface area contributed by atoms with E-state index >= 15 is 0 Å². The zero-order valence-electron chi connectivity index (χ0n) is 19.1. The predicted octanol–water partition coefficient (Wildman–Crippen LogP) is 5.12. The second-order valence-electron chi connectivity index (χ2n) is 8.26. The Morgan fingerprint density at radius 3 is 2.36 bits per heavy atom. The summed E-state index contributed by atoms with van der Waals surface area (Å²) in [5.74, 6) is 0.0843. The first kappa shape index (κ1) is 22.3. The molecule has 0 aliphatic rings. The minimum atomic E-state index is -0.291. The number of amides is 1. The molecule has 0 radical (unpaired) electrons. The molecule has 0 bridgehead atoms. The highest BCUT2D eigenvalue weighted by atomic mass is 16.5. The van der Waals surface area contributed by atoms with Crippen molar-refractivity contribution < 1.29 is 13.9 Å². The van der Waals surface area contributed by atoms with E-state index in [0.29, 0.717) is 23.3 Å². The van der Waals surface area contributed by atoms with E-state index < -0.39 is 0 Å². The van der Waals surface area contributed by atoms with E-state index in [0.717, 1.165) is 34.2 Å². The van der Waals surface area contributed by atoms with Gasteiger partial charge in [-0.3, -0.25) is 9.59 Å². The molecule has 0 aliphatic carbocycles. The van der Waals surface area contributed by atoms with E-state index in [2.05, 4.69) is 5.32 Å². The van der Waals surface area contributed by atoms with Gasteiger partial charge in [0.25, 0.3) is 5.91 Å². The predicted molar refractivity (Wildman–Crippen MR) is 131 cm³/mol. The fourth-order valence-corrected chi connectivity index (χ4v) is 3.64. The lowest BCUT2D eigenvalue weighted by Gasteiger charge is -2.13. The van der Waals surface area contributed by atoms with Crippen LogP contribution < -0.4 is 15.5 Å². The minimum absolute atomic E-state index is 0.0489. The Bertz CT molecular complexity index is 1340. The molecule has 1 heterocycles. The van der Waals surface area contributed by atoms with Gasteiger partial charge in [0, 0.05) is 12.1 Å². The number of nitrogens with one attached hydrogen (secondary N) is 1. The van der Waals surface area contributed by atoms with Gasteiger partial charge in [0.15, 0.2) is 12.4 Å². The van der Waals surface area contributed by atoms with Crippen LogP contribution in [0.2, 0.25) is 0 Å². The van der Waals surface area contributed by atoms with Crippen molar-refractivity contribution in [2.75, 3.05) is 13.2 Å². The average molecular weight is 442 g/mol. The number of aryl methyl sites for hydroxylation is 3. The van der Waals surface area contributed by atoms with E-state index in [1.165, 1.54) is 0 Å². The van der Waals surface area contributed by atoms with Crippen LogP contribution in [0, 0.1) is 20.8 Å². The SMILES string of the molecule is Cc1ccc(-c2oc3cc(C)c(C)cc3c(=O)c2OCC(=O)NCCc2ccccc2)cc1. The number of fused-ring (bicyclic) bond motifs is 1. The number of carbonyl (C=O) groups is 1. The number of ether oxygens (including phenoxy) is 1. The van der Waals surface area contributed by atoms with Gasteiger partial charge >= 0.3 is 0 Å². The Morgan fingerprint density at radius 2 is 1.64 bits per heavy atom. The van der Waals surface area contributed by atoms with Crippen molar-refractivity contribution in [3.63, 3.8) is 0 Å². The number of hydrogen-bond acceptors (Lipinski definition) is 4. The van der Waals surface area contributed by atoms with Crippen molar-refractivity contribution in [3.8, 4) is 17.1 Å². The fraction of sp³-hybridized carbons (Fsp3) is 0.214. The van der Waals surface area contributed by atoms with Crippen LogP contribution in [-0.2, 0) is 11.2 Å². The highest BCUT2D eigenvalue weighted by Crippen LogP contribution is 2.32. The lowest BCUT2D eigenvalue weighted by molar-refractivity contribution is -0.123. The van der Waals surface area contributed by atoms with Gasteiger partial charge in [0.05, 0.1) is 5.39 Å². The molecule has 0 saturated heterocycles. The third kappa shape index (κ3) is 5.14. The molecule has 0 saturated carbocycles. The standard InChI is InChI=1S/C28H27NO4/c1-18-9-11-22(12-10-18)27-28(26(31)23-15-19(2)20(3)16-24(23)33-27)32-17-25(30)29-14-13-21-7-5-4-6-8-21/h4-12,15-16H,13-14,17H2,1-3H3,(H,29,30). The molecule has 4 rings (SSSR count). The summed E-state index contributed by atoms with van der Waals surface area (Å²) < 4.78 is 11.9. The van der Waals surface area contributed by atoms with Gasteiger partial charge in [-0.25, -0.2) is 0 Å². The molecule has 4 aromatic rings. The van der Waals surface area contributed by atoms with E-state index in [1.807, 2.05) is 87.5 Å². The molecule has 0 fully saturated rings. The molecule has 1 aromatic heterocycles. The minimum Gasteiger partial charge on any atom is -0.476 e. The smallest absolute Gasteiger partial charge is 0.257 e. The number of hydrogen-bond donors (Lipinski definition) is 1. The average Bonchev–Trinajstić information content (AvgIpc) is 2.81. The Balaban J connectivity index is 1.59. The van der Waals surface area contributed by atoms with Crippen molar-refractivity contribution >= 4 is 16.9 Å². The molecule has 3 aromatic carbocycles. The summed E-state index contributed by atoms with van der Waals surface area (Å²) in [6, 6.07) is 21.2. The molecule has 168 valence electrons. The van der Waals surface area contributed by atoms with E-state index in [1.54, 1.807) is 0 Å². The van der Waals surface area contributed by atoms with Gasteiger partial charge in [-0.15, -0.1) is 0 Å². The molecule has 0 unspecified atom stereocenters. The second-order valence-corrected chi connectivity index (χ2v) is 8.26. The molecular formula is C28H27NO4. The maximum atomic E-state index is 13.3. The van der Waals surface area contributed by atoms with Crippen molar-refractivity contribution in [1.29, 1.82) is 0 Å². The first-order chi connectivity index (χ1) is 15.9. The lowest BCUT2D eigenvalue weighted by atomic mass is 10.0. The summed E-state index contributed by atoms with van der Waals surface area (Å²) in [5.41, 5.74) is 5.19. The van der Waals surface area contributed by atoms with Crippen LogP contribution in [0.15, 0.2) is 75.9 Å². The second kappa shape index (κ2) is 9.74. The maximum Gasteiger partial charge on any atom is 0.257 e. The quantitative estimate of drug-likeness (QED) is 0.432. The topological polar surface area (TPSA) is 68.5 Å². The van der Waals surface area contributed by atoms with Crippen LogP contribution in [-0.4, -0.2) is 19.1 Å². The summed E-state index contributed by atoms with van der Waals surface area (Å²) >= 11 is 0. The van der Waals surface area contributed by atoms with Crippen LogP contribution in [0.4, 0.5) is 0 Å². The summed E-state index contributed by atoms with van der Waals surface area (Å²) in [6.07, 6.45) is 0.720. The molecule has 33 heavy (non-hydrogen) atoms. The van der Waals surface area contributed by atoms with Gasteiger partial charge in [-0.05, 0) is 56.0 Å². The molecule has 5 nitrogen and oxygen atoms in total. The van der Waals surface area contributed by atoms with Gasteiger partial charge in [0.2, 0.25) is 11.2 Å². The summed E-state index contributed by atoms with van der Waals surface area (Å²) in [6.45, 7) is 6.13. The number of carbonyl (C=O) groups excluding carboxylic acids is 1. The van der Waals surface area contributed by atoms with E-state index in [4.69, 9.17) is 9.15 Å². The summed E-state index contributed by atoms with van der Waals surface area (Å²) in [7, 11) is 0. The van der Waals surface area contributed by atoms with Gasteiger partial charge in [0.1, 0.15) is 5.58 Å². The normalized spacial score (nSPS) is 10.9. The monoisotopic (exact) mass is 441 g/mol. The molecule has 0 aliphatic heterocycles. The van der Waals surface area contributed by atoms with Crippen molar-refractivity contribution in [2.24, 2.45) is 0 Å². The van der Waals surface area contributed by atoms with Crippen LogP contribution in [0.1, 0.15) is 22.3 Å². The molecule has 5 heteroatoms. The van der Waals surface area contributed by atoms with Crippen molar-refractivity contribution in [1.82, 2.24) is 5.32 Å². The fourth-order valence-electron chi connectivity index (χ4n) is 3.64. The van der Waals surface area contributed by atoms with Crippen molar-refractivity contribution in [3.05, 3.63) is 99.2 Å². The molecular weight excluding hydrogens is 414 g/mol. The maximum absolute atomic E-state index is 13.3. The van der Waals surface area contributed by atoms with Gasteiger partial charge in [-0.1, -0.05) is 60.2 Å². The summed E-state index contributed by atoms with van der Waals surface area (Å²) in [4.78, 5) is 25.8. The van der Waals surface area contributed by atoms with Crippen LogP contribution >= 0.6 is 0 Å². The number of benzene rings is 3. The molecule has 1 amide bonds. The number of rotatable bonds is 7. The van der Waals surface area contributed by atoms with E-state index in [-0.39, 0.29) is 23.7 Å². The third-order valence-corrected chi connectivity index (χ3v) is 5.71. The van der Waals surface area contributed by atoms with Gasteiger partial charge in [-0.2, -0.15) is 0 Å². The molecule has 1 N–H and O–H groups in total. The third-order valence-electron chi connectivity index (χ3n) is 5.71.